The lowest BCUT2D eigenvalue weighted by Crippen LogP contribution is -2.51. The minimum atomic E-state index is -0.413. The molecule has 146 valence electrons. The predicted molar refractivity (Wildman–Crippen MR) is 101 cm³/mol. The summed E-state index contributed by atoms with van der Waals surface area (Å²) in [6, 6.07) is 6.48. The number of nitrogens with zero attached hydrogens (tertiary/aromatic N) is 4. The highest BCUT2D eigenvalue weighted by molar-refractivity contribution is 5.89. The number of anilines is 1. The van der Waals surface area contributed by atoms with Gasteiger partial charge in [-0.3, -0.25) is 19.7 Å². The lowest BCUT2D eigenvalue weighted by molar-refractivity contribution is -0.384. The van der Waals surface area contributed by atoms with Gasteiger partial charge >= 0.3 is 0 Å². The Labute approximate surface area is 158 Å². The number of hydrogen-bond donors (Lipinski definition) is 0. The van der Waals surface area contributed by atoms with Crippen LogP contribution in [0.15, 0.2) is 24.3 Å². The zero-order valence-corrected chi connectivity index (χ0v) is 16.1. The Kier molecular flexibility index (Phi) is 5.08. The molecular weight excluding hydrogens is 348 g/mol. The van der Waals surface area contributed by atoms with E-state index < -0.39 is 4.92 Å². The largest absolute Gasteiger partial charge is 0.368 e. The van der Waals surface area contributed by atoms with Crippen molar-refractivity contribution in [3.05, 3.63) is 34.4 Å². The number of amides is 2. The third kappa shape index (κ3) is 4.04. The number of non-ortho nitro benzene ring substituents is 1. The van der Waals surface area contributed by atoms with E-state index in [0.717, 1.165) is 5.69 Å². The van der Waals surface area contributed by atoms with Gasteiger partial charge in [0.15, 0.2) is 0 Å². The summed E-state index contributed by atoms with van der Waals surface area (Å²) in [5, 5.41) is 10.8. The summed E-state index contributed by atoms with van der Waals surface area (Å²) < 4.78 is 0. The van der Waals surface area contributed by atoms with Crippen LogP contribution in [0.25, 0.3) is 0 Å². The Hall–Kier alpha value is -2.64. The molecule has 0 spiro atoms. The number of piperazine rings is 1. The second-order valence-corrected chi connectivity index (χ2v) is 8.16. The standard InChI is InChI=1S/C19H26N4O4/c1-19(2,3)22-13-14(12-17(22)24)18(25)21-10-8-20(9-11-21)15-4-6-16(7-5-15)23(26)27/h4-7,14H,8-13H2,1-3H3/t14-/m0/s1. The van der Waals surface area contributed by atoms with Crippen molar-refractivity contribution in [2.24, 2.45) is 5.92 Å². The van der Waals surface area contributed by atoms with Crippen molar-refractivity contribution in [2.45, 2.75) is 32.7 Å². The second-order valence-electron chi connectivity index (χ2n) is 8.16. The lowest BCUT2D eigenvalue weighted by Gasteiger charge is -2.37. The molecule has 0 N–H and O–H groups in total. The van der Waals surface area contributed by atoms with Crippen LogP contribution in [0.5, 0.6) is 0 Å². The summed E-state index contributed by atoms with van der Waals surface area (Å²) in [4.78, 5) is 41.2. The maximum absolute atomic E-state index is 12.8. The van der Waals surface area contributed by atoms with Gasteiger partial charge in [-0.15, -0.1) is 0 Å². The first-order chi connectivity index (χ1) is 12.7. The van der Waals surface area contributed by atoms with E-state index >= 15 is 0 Å². The monoisotopic (exact) mass is 374 g/mol. The highest BCUT2D eigenvalue weighted by atomic mass is 16.6. The fourth-order valence-corrected chi connectivity index (χ4v) is 3.75. The smallest absolute Gasteiger partial charge is 0.269 e. The van der Waals surface area contributed by atoms with E-state index in [1.807, 2.05) is 25.7 Å². The van der Waals surface area contributed by atoms with Crippen LogP contribution < -0.4 is 4.90 Å². The van der Waals surface area contributed by atoms with Crippen LogP contribution in [0, 0.1) is 16.0 Å². The Morgan fingerprint density at radius 3 is 2.19 bits per heavy atom. The first-order valence-electron chi connectivity index (χ1n) is 9.25. The van der Waals surface area contributed by atoms with Crippen molar-refractivity contribution in [1.82, 2.24) is 9.80 Å². The molecule has 0 radical (unpaired) electrons. The van der Waals surface area contributed by atoms with Crippen LogP contribution in [0.3, 0.4) is 0 Å². The molecule has 2 fully saturated rings. The summed E-state index contributed by atoms with van der Waals surface area (Å²) in [5.41, 5.74) is 0.727. The molecule has 0 aliphatic carbocycles. The molecule has 8 nitrogen and oxygen atoms in total. The average molecular weight is 374 g/mol. The highest BCUT2D eigenvalue weighted by Crippen LogP contribution is 2.28. The van der Waals surface area contributed by atoms with Crippen LogP contribution >= 0.6 is 0 Å². The number of hydrogen-bond acceptors (Lipinski definition) is 5. The van der Waals surface area contributed by atoms with Crippen LogP contribution in [0.4, 0.5) is 11.4 Å². The Morgan fingerprint density at radius 2 is 1.70 bits per heavy atom. The molecule has 1 aromatic carbocycles. The SMILES string of the molecule is CC(C)(C)N1C[C@@H](C(=O)N2CCN(c3ccc([N+](=O)[O-])cc3)CC2)CC1=O. The molecule has 2 aliphatic rings. The zero-order chi connectivity index (χ0) is 19.8. The summed E-state index contributed by atoms with van der Waals surface area (Å²) in [7, 11) is 0. The fraction of sp³-hybridized carbons (Fsp3) is 0.579. The molecule has 2 amide bonds. The first kappa shape index (κ1) is 19.1. The van der Waals surface area contributed by atoms with Crippen molar-refractivity contribution < 1.29 is 14.5 Å². The quantitative estimate of drug-likeness (QED) is 0.596. The van der Waals surface area contributed by atoms with Gasteiger partial charge in [-0.25, -0.2) is 0 Å². The molecule has 0 bridgehead atoms. The Morgan fingerprint density at radius 1 is 1.11 bits per heavy atom. The van der Waals surface area contributed by atoms with Gasteiger partial charge in [0.1, 0.15) is 0 Å². The van der Waals surface area contributed by atoms with E-state index in [1.165, 1.54) is 12.1 Å². The molecule has 0 aromatic heterocycles. The van der Waals surface area contributed by atoms with E-state index in [-0.39, 0.29) is 29.0 Å². The summed E-state index contributed by atoms with van der Waals surface area (Å²) >= 11 is 0. The average Bonchev–Trinajstić information content (AvgIpc) is 3.03. The topological polar surface area (TPSA) is 87.0 Å². The van der Waals surface area contributed by atoms with Crippen molar-refractivity contribution in [2.75, 3.05) is 37.6 Å². The van der Waals surface area contributed by atoms with E-state index in [1.54, 1.807) is 17.0 Å². The first-order valence-corrected chi connectivity index (χ1v) is 9.25. The number of nitro groups is 1. The van der Waals surface area contributed by atoms with Gasteiger partial charge in [-0.2, -0.15) is 0 Å². The second kappa shape index (κ2) is 7.17. The lowest BCUT2D eigenvalue weighted by atomic mass is 10.1. The molecule has 1 atom stereocenters. The van der Waals surface area contributed by atoms with Gasteiger partial charge in [0.2, 0.25) is 11.8 Å². The van der Waals surface area contributed by atoms with Crippen molar-refractivity contribution >= 4 is 23.2 Å². The molecule has 8 heteroatoms. The van der Waals surface area contributed by atoms with Crippen molar-refractivity contribution in [3.8, 4) is 0 Å². The van der Waals surface area contributed by atoms with E-state index in [2.05, 4.69) is 4.90 Å². The summed E-state index contributed by atoms with van der Waals surface area (Å²) in [5.74, 6) is -0.161. The fourth-order valence-electron chi connectivity index (χ4n) is 3.75. The Balaban J connectivity index is 1.57. The summed E-state index contributed by atoms with van der Waals surface area (Å²) in [6.45, 7) is 8.98. The van der Waals surface area contributed by atoms with E-state index in [9.17, 15) is 19.7 Å². The highest BCUT2D eigenvalue weighted by Gasteiger charge is 2.41. The zero-order valence-electron chi connectivity index (χ0n) is 16.1. The van der Waals surface area contributed by atoms with Crippen LogP contribution in [-0.4, -0.2) is 64.8 Å². The predicted octanol–water partition coefficient (Wildman–Crippen LogP) is 1.89. The van der Waals surface area contributed by atoms with Gasteiger partial charge in [0.05, 0.1) is 10.8 Å². The normalized spacial score (nSPS) is 20.9. The Bertz CT molecular complexity index is 733. The molecule has 2 heterocycles. The van der Waals surface area contributed by atoms with Gasteiger partial charge in [0.25, 0.3) is 5.69 Å². The third-order valence-corrected chi connectivity index (χ3v) is 5.30. The van der Waals surface area contributed by atoms with E-state index in [4.69, 9.17) is 0 Å². The number of rotatable bonds is 3. The minimum absolute atomic E-state index is 0.0466. The number of benzene rings is 1. The van der Waals surface area contributed by atoms with Gasteiger partial charge < -0.3 is 14.7 Å². The molecular formula is C19H26N4O4. The number of carbonyl (C=O) groups is 2. The van der Waals surface area contributed by atoms with E-state index in [0.29, 0.717) is 39.1 Å². The van der Waals surface area contributed by atoms with Crippen LogP contribution in [0.2, 0.25) is 0 Å². The molecule has 2 aliphatic heterocycles. The van der Waals surface area contributed by atoms with Gasteiger partial charge in [-0.1, -0.05) is 0 Å². The number of likely N-dealkylation sites (tertiary alicyclic amines) is 1. The van der Waals surface area contributed by atoms with Crippen molar-refractivity contribution in [1.29, 1.82) is 0 Å². The molecule has 3 rings (SSSR count). The van der Waals surface area contributed by atoms with Crippen LogP contribution in [0.1, 0.15) is 27.2 Å². The third-order valence-electron chi connectivity index (χ3n) is 5.30. The molecule has 0 unspecified atom stereocenters. The molecule has 27 heavy (non-hydrogen) atoms. The number of carbonyl (C=O) groups excluding carboxylic acids is 2. The molecule has 0 saturated carbocycles. The molecule has 2 saturated heterocycles. The minimum Gasteiger partial charge on any atom is -0.368 e. The number of nitro benzene ring substituents is 1. The molecule has 1 aromatic rings. The van der Waals surface area contributed by atoms with Gasteiger partial charge in [-0.05, 0) is 32.9 Å². The maximum Gasteiger partial charge on any atom is 0.269 e. The van der Waals surface area contributed by atoms with Crippen LogP contribution in [-0.2, 0) is 9.59 Å². The maximum atomic E-state index is 12.8. The van der Waals surface area contributed by atoms with Gasteiger partial charge in [0, 0.05) is 62.5 Å². The van der Waals surface area contributed by atoms with Crippen molar-refractivity contribution in [3.63, 3.8) is 0 Å². The summed E-state index contributed by atoms with van der Waals surface area (Å²) in [6.07, 6.45) is 0.290.